The summed E-state index contributed by atoms with van der Waals surface area (Å²) in [4.78, 5) is 25.0. The van der Waals surface area contributed by atoms with Crippen LogP contribution in [0.4, 0.5) is 0 Å². The van der Waals surface area contributed by atoms with E-state index in [4.69, 9.17) is 4.74 Å². The molecule has 4 atom stereocenters. The molecule has 0 aromatic heterocycles. The molecule has 4 unspecified atom stereocenters. The van der Waals surface area contributed by atoms with E-state index in [0.29, 0.717) is 30.1 Å². The van der Waals surface area contributed by atoms with Gasteiger partial charge in [0.15, 0.2) is 0 Å². The molecule has 0 heterocycles. The lowest BCUT2D eigenvalue weighted by atomic mass is 9.67. The van der Waals surface area contributed by atoms with Crippen LogP contribution in [0.1, 0.15) is 106 Å². The summed E-state index contributed by atoms with van der Waals surface area (Å²) in [6.07, 6.45) is 8.51. The van der Waals surface area contributed by atoms with Gasteiger partial charge < -0.3 is 9.84 Å². The van der Waals surface area contributed by atoms with E-state index in [0.717, 1.165) is 38.0 Å². The Morgan fingerprint density at radius 3 is 2.07 bits per heavy atom. The Balaban J connectivity index is 2.11. The first-order valence-electron chi connectivity index (χ1n) is 12.3. The molecule has 0 radical (unpaired) electrons. The zero-order valence-electron chi connectivity index (χ0n) is 20.5. The highest BCUT2D eigenvalue weighted by Gasteiger charge is 2.42. The summed E-state index contributed by atoms with van der Waals surface area (Å²) in [6.45, 7) is 15.7. The van der Waals surface area contributed by atoms with E-state index < -0.39 is 17.8 Å². The predicted octanol–water partition coefficient (Wildman–Crippen LogP) is 6.71. The van der Waals surface area contributed by atoms with Gasteiger partial charge in [-0.25, -0.2) is 0 Å². The van der Waals surface area contributed by atoms with Crippen molar-refractivity contribution in [2.45, 2.75) is 112 Å². The Labute approximate surface area is 184 Å². The molecule has 174 valence electrons. The second-order valence-electron chi connectivity index (χ2n) is 12.1. The number of esters is 1. The molecule has 2 aliphatic carbocycles. The molecule has 0 spiro atoms. The first-order chi connectivity index (χ1) is 13.8. The monoisotopic (exact) mass is 422 g/mol. The molecule has 0 aromatic carbocycles. The highest BCUT2D eigenvalue weighted by atomic mass is 16.5. The molecular weight excluding hydrogens is 376 g/mol. The molecule has 0 aliphatic heterocycles. The first kappa shape index (κ1) is 25.2. The van der Waals surface area contributed by atoms with Gasteiger partial charge in [-0.05, 0) is 80.0 Å². The van der Waals surface area contributed by atoms with Gasteiger partial charge >= 0.3 is 11.9 Å². The summed E-state index contributed by atoms with van der Waals surface area (Å²) in [7, 11) is 0. The van der Waals surface area contributed by atoms with E-state index in [1.165, 1.54) is 12.8 Å². The summed E-state index contributed by atoms with van der Waals surface area (Å²) in [5.41, 5.74) is 0.437. The predicted molar refractivity (Wildman–Crippen MR) is 121 cm³/mol. The van der Waals surface area contributed by atoms with Gasteiger partial charge in [0.2, 0.25) is 0 Å². The zero-order valence-corrected chi connectivity index (χ0v) is 20.5. The summed E-state index contributed by atoms with van der Waals surface area (Å²) in [5.74, 6) is -0.722. The van der Waals surface area contributed by atoms with E-state index in [1.54, 1.807) is 0 Å². The average molecular weight is 423 g/mol. The molecule has 2 rings (SSSR count). The third kappa shape index (κ3) is 6.72. The van der Waals surface area contributed by atoms with Crippen molar-refractivity contribution in [3.05, 3.63) is 0 Å². The number of ether oxygens (including phenoxy) is 1. The third-order valence-corrected chi connectivity index (χ3v) is 8.23. The second kappa shape index (κ2) is 10.0. The fraction of sp³-hybridized carbons (Fsp3) is 0.923. The van der Waals surface area contributed by atoms with Gasteiger partial charge in [0.25, 0.3) is 0 Å². The van der Waals surface area contributed by atoms with Crippen molar-refractivity contribution >= 4 is 11.9 Å². The number of carboxylic acid groups (broad SMARTS) is 1. The van der Waals surface area contributed by atoms with E-state index >= 15 is 0 Å². The molecule has 4 nitrogen and oxygen atoms in total. The fourth-order valence-corrected chi connectivity index (χ4v) is 5.52. The molecule has 30 heavy (non-hydrogen) atoms. The summed E-state index contributed by atoms with van der Waals surface area (Å²) < 4.78 is 6.20. The lowest BCUT2D eigenvalue weighted by Crippen LogP contribution is -2.41. The Hall–Kier alpha value is -1.06. The lowest BCUT2D eigenvalue weighted by molar-refractivity contribution is -0.169. The number of carboxylic acids is 1. The van der Waals surface area contributed by atoms with E-state index in [9.17, 15) is 14.7 Å². The topological polar surface area (TPSA) is 63.6 Å². The van der Waals surface area contributed by atoms with Gasteiger partial charge in [0.05, 0.1) is 11.8 Å². The zero-order chi connectivity index (χ0) is 22.7. The summed E-state index contributed by atoms with van der Waals surface area (Å²) >= 11 is 0. The maximum absolute atomic E-state index is 13.2. The minimum atomic E-state index is -0.848. The van der Waals surface area contributed by atoms with Gasteiger partial charge in [-0.3, -0.25) is 9.59 Å². The summed E-state index contributed by atoms with van der Waals surface area (Å²) in [6, 6.07) is 0. The Bertz CT molecular complexity index is 580. The molecule has 0 amide bonds. The quantitative estimate of drug-likeness (QED) is 0.463. The average Bonchev–Trinajstić information content (AvgIpc) is 2.66. The van der Waals surface area contributed by atoms with Crippen LogP contribution >= 0.6 is 0 Å². The molecule has 0 saturated heterocycles. The van der Waals surface area contributed by atoms with Crippen LogP contribution in [-0.4, -0.2) is 23.1 Å². The molecule has 0 bridgehead atoms. The van der Waals surface area contributed by atoms with Crippen molar-refractivity contribution in [3.8, 4) is 0 Å². The highest BCUT2D eigenvalue weighted by Crippen LogP contribution is 2.44. The van der Waals surface area contributed by atoms with Crippen molar-refractivity contribution in [3.63, 3.8) is 0 Å². The van der Waals surface area contributed by atoms with Crippen molar-refractivity contribution in [2.75, 3.05) is 0 Å². The van der Waals surface area contributed by atoms with Crippen LogP contribution in [-0.2, 0) is 14.3 Å². The third-order valence-electron chi connectivity index (χ3n) is 8.23. The summed E-state index contributed by atoms with van der Waals surface area (Å²) in [5, 5.41) is 9.68. The van der Waals surface area contributed by atoms with E-state index in [2.05, 4.69) is 48.5 Å². The molecule has 2 saturated carbocycles. The van der Waals surface area contributed by atoms with Crippen LogP contribution in [0, 0.1) is 40.4 Å². The smallest absolute Gasteiger partial charge is 0.310 e. The van der Waals surface area contributed by atoms with E-state index in [-0.39, 0.29) is 17.5 Å². The molecule has 1 N–H and O–H groups in total. The molecule has 4 heteroatoms. The van der Waals surface area contributed by atoms with Gasteiger partial charge in [-0.2, -0.15) is 0 Å². The van der Waals surface area contributed by atoms with Crippen molar-refractivity contribution < 1.29 is 19.4 Å². The van der Waals surface area contributed by atoms with Crippen molar-refractivity contribution in [2.24, 2.45) is 40.4 Å². The number of hydrogen-bond donors (Lipinski definition) is 1. The van der Waals surface area contributed by atoms with Gasteiger partial charge in [0.1, 0.15) is 6.10 Å². The molecular formula is C26H46O4. The lowest BCUT2D eigenvalue weighted by Gasteiger charge is -2.41. The minimum absolute atomic E-state index is 0.0952. The largest absolute Gasteiger partial charge is 0.481 e. The Morgan fingerprint density at radius 1 is 0.967 bits per heavy atom. The van der Waals surface area contributed by atoms with Crippen molar-refractivity contribution in [1.82, 2.24) is 0 Å². The Kier molecular flexibility index (Phi) is 8.43. The van der Waals surface area contributed by atoms with Gasteiger partial charge in [0, 0.05) is 0 Å². The molecule has 0 aromatic rings. The number of rotatable bonds is 7. The maximum Gasteiger partial charge on any atom is 0.310 e. The maximum atomic E-state index is 13.2. The number of hydrogen-bond acceptors (Lipinski definition) is 3. The first-order valence-corrected chi connectivity index (χ1v) is 12.3. The van der Waals surface area contributed by atoms with E-state index in [1.807, 2.05) is 0 Å². The Morgan fingerprint density at radius 2 is 1.57 bits per heavy atom. The minimum Gasteiger partial charge on any atom is -0.481 e. The SMILES string of the molecule is CCC(C)(C)CC(OC(=O)C1CCC(C)CC1C(=O)O)C1CCC(C(C)(C)C)CC1. The van der Waals surface area contributed by atoms with Crippen LogP contribution in [0.25, 0.3) is 0 Å². The van der Waals surface area contributed by atoms with Crippen LogP contribution in [0.15, 0.2) is 0 Å². The normalized spacial score (nSPS) is 31.8. The number of carbonyl (C=O) groups is 2. The highest BCUT2D eigenvalue weighted by molar-refractivity contribution is 5.81. The molecule has 2 fully saturated rings. The van der Waals surface area contributed by atoms with Gasteiger partial charge in [-0.1, -0.05) is 54.9 Å². The molecule has 2 aliphatic rings. The fourth-order valence-electron chi connectivity index (χ4n) is 5.52. The van der Waals surface area contributed by atoms with Crippen LogP contribution in [0.3, 0.4) is 0 Å². The second-order valence-corrected chi connectivity index (χ2v) is 12.1. The van der Waals surface area contributed by atoms with Crippen LogP contribution in [0.5, 0.6) is 0 Å². The van der Waals surface area contributed by atoms with Crippen LogP contribution < -0.4 is 0 Å². The van der Waals surface area contributed by atoms with Gasteiger partial charge in [-0.15, -0.1) is 0 Å². The number of aliphatic carboxylic acids is 1. The van der Waals surface area contributed by atoms with Crippen molar-refractivity contribution in [1.29, 1.82) is 0 Å². The number of carbonyl (C=O) groups excluding carboxylic acids is 1. The van der Waals surface area contributed by atoms with Crippen LogP contribution in [0.2, 0.25) is 0 Å². The standard InChI is InChI=1S/C26H46O4/c1-8-26(6,7)16-22(18-10-12-19(13-11-18)25(3,4)5)30-24(29)20-14-9-17(2)15-21(20)23(27)28/h17-22H,8-16H2,1-7H3,(H,27,28).